The first kappa shape index (κ1) is 14.9. The molecule has 0 saturated carbocycles. The van der Waals surface area contributed by atoms with Crippen LogP contribution in [0, 0.1) is 11.8 Å². The maximum Gasteiger partial charge on any atom is 0.209 e. The normalized spacial score (nSPS) is 10.3. The molecule has 6 nitrogen and oxygen atoms in total. The molecule has 0 radical (unpaired) electrons. The molecule has 0 aliphatic heterocycles. The molecule has 0 aliphatic rings. The van der Waals surface area contributed by atoms with Crippen molar-refractivity contribution < 1.29 is 0 Å². The van der Waals surface area contributed by atoms with Gasteiger partial charge in [0.25, 0.3) is 0 Å². The molecule has 106 valence electrons. The minimum absolute atomic E-state index is 0.690. The largest absolute Gasteiger partial charge is 0.262 e. The Labute approximate surface area is 126 Å². The van der Waals surface area contributed by atoms with Crippen molar-refractivity contribution in [3.63, 3.8) is 0 Å². The van der Waals surface area contributed by atoms with E-state index in [1.165, 1.54) is 23.5 Å². The molecule has 0 fully saturated rings. The second-order valence-electron chi connectivity index (χ2n) is 3.77. The van der Waals surface area contributed by atoms with Crippen LogP contribution in [0.1, 0.15) is 25.5 Å². The number of hydrogen-bond acceptors (Lipinski definition) is 6. The fourth-order valence-electron chi connectivity index (χ4n) is 1.30. The predicted octanol–water partition coefficient (Wildman–Crippen LogP) is 1.94. The van der Waals surface area contributed by atoms with Gasteiger partial charge in [-0.15, -0.1) is 10.2 Å². The number of hydrogen-bond donors (Lipinski definition) is 2. The van der Waals surface area contributed by atoms with Crippen molar-refractivity contribution >= 4 is 23.5 Å². The number of thioether (sulfide) groups is 2. The predicted molar refractivity (Wildman–Crippen MR) is 80.7 cm³/mol. The van der Waals surface area contributed by atoms with Crippen LogP contribution in [0.5, 0.6) is 0 Å². The van der Waals surface area contributed by atoms with Crippen LogP contribution >= 0.6 is 23.5 Å². The lowest BCUT2D eigenvalue weighted by Crippen LogP contribution is -1.82. The van der Waals surface area contributed by atoms with E-state index in [4.69, 9.17) is 0 Å². The second-order valence-corrected chi connectivity index (χ2v) is 5.65. The Morgan fingerprint density at radius 3 is 1.65 bits per heavy atom. The van der Waals surface area contributed by atoms with Crippen molar-refractivity contribution in [2.75, 3.05) is 11.5 Å². The quantitative estimate of drug-likeness (QED) is 0.627. The fraction of sp³-hybridized carbons (Fsp3) is 0.500. The van der Waals surface area contributed by atoms with Gasteiger partial charge in [-0.1, -0.05) is 49.2 Å². The highest BCUT2D eigenvalue weighted by atomic mass is 32.2. The molecule has 2 heterocycles. The van der Waals surface area contributed by atoms with Gasteiger partial charge in [-0.05, 0) is 0 Å². The van der Waals surface area contributed by atoms with E-state index in [-0.39, 0.29) is 0 Å². The Morgan fingerprint density at radius 2 is 1.30 bits per heavy atom. The summed E-state index contributed by atoms with van der Waals surface area (Å²) in [5, 5.41) is 15.5. The Hall–Kier alpha value is -1.46. The van der Waals surface area contributed by atoms with Crippen LogP contribution in [0.25, 0.3) is 0 Å². The highest BCUT2D eigenvalue weighted by Gasteiger charge is 2.01. The SMILES string of the molecule is CCc1nc(SCC#CCSc2n[nH]c(CC)n2)n[nH]1. The van der Waals surface area contributed by atoms with Crippen molar-refractivity contribution in [3.8, 4) is 11.8 Å². The number of H-pyrrole nitrogens is 2. The zero-order chi connectivity index (χ0) is 14.2. The third-order valence-corrected chi connectivity index (χ3v) is 3.82. The van der Waals surface area contributed by atoms with Gasteiger partial charge in [0, 0.05) is 12.8 Å². The summed E-state index contributed by atoms with van der Waals surface area (Å²) in [6.07, 6.45) is 1.73. The molecular formula is C12H16N6S2. The summed E-state index contributed by atoms with van der Waals surface area (Å²) in [5.41, 5.74) is 0. The molecule has 0 aliphatic carbocycles. The van der Waals surface area contributed by atoms with Crippen LogP contribution in [0.2, 0.25) is 0 Å². The van der Waals surface area contributed by atoms with E-state index in [9.17, 15) is 0 Å². The molecule has 0 atom stereocenters. The van der Waals surface area contributed by atoms with Crippen LogP contribution in [0.3, 0.4) is 0 Å². The van der Waals surface area contributed by atoms with Crippen molar-refractivity contribution in [2.24, 2.45) is 0 Å². The first-order chi connectivity index (χ1) is 9.81. The highest BCUT2D eigenvalue weighted by Crippen LogP contribution is 2.12. The summed E-state index contributed by atoms with van der Waals surface area (Å²) in [4.78, 5) is 8.61. The van der Waals surface area contributed by atoms with Gasteiger partial charge in [0.05, 0.1) is 11.5 Å². The lowest BCUT2D eigenvalue weighted by atomic mass is 10.5. The number of aromatic nitrogens is 6. The number of rotatable bonds is 6. The van der Waals surface area contributed by atoms with E-state index in [2.05, 4.69) is 42.2 Å². The Morgan fingerprint density at radius 1 is 0.850 bits per heavy atom. The van der Waals surface area contributed by atoms with Crippen molar-refractivity contribution in [1.29, 1.82) is 0 Å². The number of aromatic amines is 2. The Bertz CT molecular complexity index is 544. The first-order valence-electron chi connectivity index (χ1n) is 6.35. The van der Waals surface area contributed by atoms with Gasteiger partial charge in [-0.25, -0.2) is 9.97 Å². The molecule has 2 rings (SSSR count). The van der Waals surface area contributed by atoms with Crippen LogP contribution in [0.15, 0.2) is 10.3 Å². The molecule has 8 heteroatoms. The van der Waals surface area contributed by atoms with Crippen LogP contribution in [0.4, 0.5) is 0 Å². The average molecular weight is 308 g/mol. The zero-order valence-electron chi connectivity index (χ0n) is 11.4. The lowest BCUT2D eigenvalue weighted by molar-refractivity contribution is 0.941. The van der Waals surface area contributed by atoms with Gasteiger partial charge in [0.2, 0.25) is 10.3 Å². The monoisotopic (exact) mass is 308 g/mol. The smallest absolute Gasteiger partial charge is 0.209 e. The molecule has 0 amide bonds. The number of nitrogens with zero attached hydrogens (tertiary/aromatic N) is 4. The van der Waals surface area contributed by atoms with E-state index in [0.717, 1.165) is 34.8 Å². The topological polar surface area (TPSA) is 83.1 Å². The van der Waals surface area contributed by atoms with Crippen LogP contribution in [-0.4, -0.2) is 41.9 Å². The van der Waals surface area contributed by atoms with E-state index in [1.54, 1.807) is 0 Å². The van der Waals surface area contributed by atoms with E-state index < -0.39 is 0 Å². The number of nitrogens with one attached hydrogen (secondary N) is 2. The van der Waals surface area contributed by atoms with Gasteiger partial charge in [-0.3, -0.25) is 10.2 Å². The Kier molecular flexibility index (Phi) is 5.95. The summed E-state index contributed by atoms with van der Waals surface area (Å²) in [7, 11) is 0. The van der Waals surface area contributed by atoms with Crippen molar-refractivity contribution in [1.82, 2.24) is 30.4 Å². The van der Waals surface area contributed by atoms with E-state index in [1.807, 2.05) is 13.8 Å². The second kappa shape index (κ2) is 7.97. The highest BCUT2D eigenvalue weighted by molar-refractivity contribution is 7.99. The zero-order valence-corrected chi connectivity index (χ0v) is 13.1. The van der Waals surface area contributed by atoms with Gasteiger partial charge < -0.3 is 0 Å². The van der Waals surface area contributed by atoms with Crippen molar-refractivity contribution in [3.05, 3.63) is 11.6 Å². The summed E-state index contributed by atoms with van der Waals surface area (Å²) < 4.78 is 0. The molecule has 0 aromatic carbocycles. The minimum atomic E-state index is 0.690. The van der Waals surface area contributed by atoms with E-state index in [0.29, 0.717) is 11.5 Å². The molecule has 0 bridgehead atoms. The molecular weight excluding hydrogens is 292 g/mol. The molecule has 0 spiro atoms. The third-order valence-electron chi connectivity index (χ3n) is 2.36. The van der Waals surface area contributed by atoms with Crippen LogP contribution in [-0.2, 0) is 12.8 Å². The lowest BCUT2D eigenvalue weighted by Gasteiger charge is -1.87. The number of aryl methyl sites for hydroxylation is 2. The van der Waals surface area contributed by atoms with Gasteiger partial charge in [0.15, 0.2) is 0 Å². The van der Waals surface area contributed by atoms with Gasteiger partial charge >= 0.3 is 0 Å². The summed E-state index contributed by atoms with van der Waals surface area (Å²) in [6, 6.07) is 0. The van der Waals surface area contributed by atoms with Gasteiger partial charge in [-0.2, -0.15) is 0 Å². The minimum Gasteiger partial charge on any atom is -0.262 e. The average Bonchev–Trinajstić information content (AvgIpc) is 3.11. The maximum atomic E-state index is 4.31. The van der Waals surface area contributed by atoms with Crippen LogP contribution < -0.4 is 0 Å². The molecule has 2 aromatic rings. The summed E-state index contributed by atoms with van der Waals surface area (Å²) >= 11 is 3.07. The molecule has 0 unspecified atom stereocenters. The summed E-state index contributed by atoms with van der Waals surface area (Å²) in [5.74, 6) is 9.37. The summed E-state index contributed by atoms with van der Waals surface area (Å²) in [6.45, 7) is 4.08. The molecule has 0 saturated heterocycles. The fourth-order valence-corrected chi connectivity index (χ4v) is 2.48. The standard InChI is InChI=1S/C12H16N6S2/c1-3-9-13-11(17-15-9)19-7-5-6-8-20-12-14-10(4-2)16-18-12/h3-4,7-8H2,1-2H3,(H,13,15,17)(H,14,16,18). The van der Waals surface area contributed by atoms with Gasteiger partial charge in [0.1, 0.15) is 11.6 Å². The third kappa shape index (κ3) is 4.58. The Balaban J connectivity index is 1.67. The van der Waals surface area contributed by atoms with E-state index >= 15 is 0 Å². The first-order valence-corrected chi connectivity index (χ1v) is 8.32. The molecule has 20 heavy (non-hydrogen) atoms. The molecule has 2 aromatic heterocycles. The maximum absolute atomic E-state index is 4.31. The van der Waals surface area contributed by atoms with Crippen molar-refractivity contribution in [2.45, 2.75) is 37.0 Å². The molecule has 2 N–H and O–H groups in total.